The molecule has 2 N–H and O–H groups in total. The number of carbonyl (C=O) groups excluding carboxylic acids is 1. The summed E-state index contributed by atoms with van der Waals surface area (Å²) in [5.74, 6) is 0.0324. The zero-order valence-electron chi connectivity index (χ0n) is 11.2. The van der Waals surface area contributed by atoms with Crippen molar-refractivity contribution in [3.63, 3.8) is 0 Å². The number of aliphatic hydroxyl groups excluding tert-OH is 1. The molecule has 3 unspecified atom stereocenters. The van der Waals surface area contributed by atoms with Gasteiger partial charge in [-0.15, -0.1) is 0 Å². The molecule has 0 saturated heterocycles. The standard InChI is InChI=1S/C15H21NO3/c1-19-14(11-6-3-2-4-7-11)15(18)16-10-12-8-5-9-13(12)17/h2-4,6-7,12-14,17H,5,8-10H2,1H3,(H,16,18). The van der Waals surface area contributed by atoms with Crippen LogP contribution in [0.15, 0.2) is 30.3 Å². The van der Waals surface area contributed by atoms with Crippen molar-refractivity contribution in [2.75, 3.05) is 13.7 Å². The summed E-state index contributed by atoms with van der Waals surface area (Å²) in [6, 6.07) is 9.42. The molecule has 2 rings (SSSR count). The number of hydrogen-bond acceptors (Lipinski definition) is 3. The summed E-state index contributed by atoms with van der Waals surface area (Å²) in [6.45, 7) is 0.521. The highest BCUT2D eigenvalue weighted by Crippen LogP contribution is 2.25. The van der Waals surface area contributed by atoms with E-state index in [1.54, 1.807) is 0 Å². The highest BCUT2D eigenvalue weighted by atomic mass is 16.5. The van der Waals surface area contributed by atoms with Crippen molar-refractivity contribution in [1.29, 1.82) is 0 Å². The number of amides is 1. The quantitative estimate of drug-likeness (QED) is 0.849. The zero-order chi connectivity index (χ0) is 13.7. The normalized spacial score (nSPS) is 24.1. The van der Waals surface area contributed by atoms with Crippen LogP contribution in [0.2, 0.25) is 0 Å². The van der Waals surface area contributed by atoms with Crippen LogP contribution in [0.5, 0.6) is 0 Å². The average molecular weight is 263 g/mol. The van der Waals surface area contributed by atoms with Gasteiger partial charge in [-0.25, -0.2) is 0 Å². The van der Waals surface area contributed by atoms with E-state index < -0.39 is 6.10 Å². The topological polar surface area (TPSA) is 58.6 Å². The lowest BCUT2D eigenvalue weighted by Crippen LogP contribution is -2.36. The second kappa shape index (κ2) is 6.68. The number of ether oxygens (including phenoxy) is 1. The Labute approximate surface area is 113 Å². The molecule has 1 aliphatic carbocycles. The van der Waals surface area contributed by atoms with E-state index in [0.717, 1.165) is 24.8 Å². The summed E-state index contributed by atoms with van der Waals surface area (Å²) in [4.78, 5) is 12.1. The van der Waals surface area contributed by atoms with E-state index in [1.165, 1.54) is 7.11 Å². The molecule has 0 aliphatic heterocycles. The third-order valence-electron chi connectivity index (χ3n) is 3.73. The van der Waals surface area contributed by atoms with Crippen LogP contribution in [0.1, 0.15) is 30.9 Å². The second-order valence-electron chi connectivity index (χ2n) is 5.03. The molecule has 0 heterocycles. The number of nitrogens with one attached hydrogen (secondary N) is 1. The first-order chi connectivity index (χ1) is 9.22. The predicted molar refractivity (Wildman–Crippen MR) is 72.5 cm³/mol. The van der Waals surface area contributed by atoms with E-state index in [4.69, 9.17) is 4.74 Å². The van der Waals surface area contributed by atoms with E-state index in [9.17, 15) is 9.90 Å². The molecule has 0 aromatic heterocycles. The van der Waals surface area contributed by atoms with E-state index in [0.29, 0.717) is 6.54 Å². The van der Waals surface area contributed by atoms with Gasteiger partial charge in [-0.3, -0.25) is 4.79 Å². The lowest BCUT2D eigenvalue weighted by atomic mass is 10.1. The molecule has 1 aromatic rings. The van der Waals surface area contributed by atoms with Crippen LogP contribution in [0.3, 0.4) is 0 Å². The molecular weight excluding hydrogens is 242 g/mol. The Morgan fingerprint density at radius 2 is 2.16 bits per heavy atom. The van der Waals surface area contributed by atoms with Crippen molar-refractivity contribution in [1.82, 2.24) is 5.32 Å². The van der Waals surface area contributed by atoms with Crippen molar-refractivity contribution in [2.45, 2.75) is 31.5 Å². The smallest absolute Gasteiger partial charge is 0.253 e. The minimum Gasteiger partial charge on any atom is -0.393 e. The first-order valence-corrected chi connectivity index (χ1v) is 6.76. The highest BCUT2D eigenvalue weighted by molar-refractivity contribution is 5.82. The predicted octanol–water partition coefficient (Wildman–Crippen LogP) is 1.65. The molecule has 0 radical (unpaired) electrons. The lowest BCUT2D eigenvalue weighted by molar-refractivity contribution is -0.131. The van der Waals surface area contributed by atoms with Crippen LogP contribution < -0.4 is 5.32 Å². The van der Waals surface area contributed by atoms with Crippen LogP contribution in [-0.2, 0) is 9.53 Å². The van der Waals surface area contributed by atoms with E-state index in [2.05, 4.69) is 5.32 Å². The Kier molecular flexibility index (Phi) is 4.93. The highest BCUT2D eigenvalue weighted by Gasteiger charge is 2.27. The van der Waals surface area contributed by atoms with Gasteiger partial charge in [0.2, 0.25) is 0 Å². The van der Waals surface area contributed by atoms with Gasteiger partial charge in [0.25, 0.3) is 5.91 Å². The van der Waals surface area contributed by atoms with Gasteiger partial charge in [0, 0.05) is 19.6 Å². The Hall–Kier alpha value is -1.39. The Morgan fingerprint density at radius 3 is 2.74 bits per heavy atom. The van der Waals surface area contributed by atoms with Crippen LogP contribution in [0, 0.1) is 5.92 Å². The molecule has 4 nitrogen and oxygen atoms in total. The maximum absolute atomic E-state index is 12.1. The van der Waals surface area contributed by atoms with Gasteiger partial charge in [-0.05, 0) is 18.4 Å². The molecule has 1 aliphatic rings. The van der Waals surface area contributed by atoms with Gasteiger partial charge in [-0.1, -0.05) is 36.8 Å². The Morgan fingerprint density at radius 1 is 1.42 bits per heavy atom. The van der Waals surface area contributed by atoms with Crippen molar-refractivity contribution in [2.24, 2.45) is 5.92 Å². The third kappa shape index (κ3) is 3.55. The molecule has 1 aromatic carbocycles. The van der Waals surface area contributed by atoms with E-state index in [-0.39, 0.29) is 17.9 Å². The molecule has 1 saturated carbocycles. The Bertz CT molecular complexity index is 407. The fourth-order valence-corrected chi connectivity index (χ4v) is 2.60. The fourth-order valence-electron chi connectivity index (χ4n) is 2.60. The van der Waals surface area contributed by atoms with E-state index in [1.807, 2.05) is 30.3 Å². The monoisotopic (exact) mass is 263 g/mol. The van der Waals surface area contributed by atoms with Crippen molar-refractivity contribution in [3.8, 4) is 0 Å². The molecule has 4 heteroatoms. The number of benzene rings is 1. The van der Waals surface area contributed by atoms with Gasteiger partial charge in [0.15, 0.2) is 6.10 Å². The number of methoxy groups -OCH3 is 1. The van der Waals surface area contributed by atoms with Gasteiger partial charge >= 0.3 is 0 Å². The zero-order valence-corrected chi connectivity index (χ0v) is 11.2. The van der Waals surface area contributed by atoms with E-state index >= 15 is 0 Å². The lowest BCUT2D eigenvalue weighted by Gasteiger charge is -2.19. The minimum absolute atomic E-state index is 0.146. The molecule has 1 amide bonds. The summed E-state index contributed by atoms with van der Waals surface area (Å²) in [5, 5.41) is 12.6. The molecule has 1 fully saturated rings. The summed E-state index contributed by atoms with van der Waals surface area (Å²) in [5.41, 5.74) is 0.842. The first-order valence-electron chi connectivity index (χ1n) is 6.76. The largest absolute Gasteiger partial charge is 0.393 e. The van der Waals surface area contributed by atoms with Crippen LogP contribution in [0.4, 0.5) is 0 Å². The number of hydrogen-bond donors (Lipinski definition) is 2. The minimum atomic E-state index is -0.584. The second-order valence-corrected chi connectivity index (χ2v) is 5.03. The first kappa shape index (κ1) is 14.0. The molecule has 19 heavy (non-hydrogen) atoms. The van der Waals surface area contributed by atoms with Crippen LogP contribution in [-0.4, -0.2) is 30.8 Å². The summed E-state index contributed by atoms with van der Waals surface area (Å²) >= 11 is 0. The molecule has 104 valence electrons. The Balaban J connectivity index is 1.90. The van der Waals surface area contributed by atoms with Crippen molar-refractivity contribution in [3.05, 3.63) is 35.9 Å². The molecule has 0 bridgehead atoms. The van der Waals surface area contributed by atoms with Crippen molar-refractivity contribution < 1.29 is 14.6 Å². The molecular formula is C15H21NO3. The summed E-state index contributed by atoms with van der Waals surface area (Å²) in [7, 11) is 1.53. The third-order valence-corrected chi connectivity index (χ3v) is 3.73. The van der Waals surface area contributed by atoms with Gasteiger partial charge in [0.05, 0.1) is 6.10 Å². The van der Waals surface area contributed by atoms with Crippen LogP contribution in [0.25, 0.3) is 0 Å². The number of rotatable bonds is 5. The summed E-state index contributed by atoms with van der Waals surface area (Å²) in [6.07, 6.45) is 1.99. The fraction of sp³-hybridized carbons (Fsp3) is 0.533. The van der Waals surface area contributed by atoms with Crippen LogP contribution >= 0.6 is 0 Å². The van der Waals surface area contributed by atoms with Gasteiger partial charge < -0.3 is 15.2 Å². The number of aliphatic hydroxyl groups is 1. The maximum Gasteiger partial charge on any atom is 0.253 e. The van der Waals surface area contributed by atoms with Gasteiger partial charge in [0.1, 0.15) is 0 Å². The van der Waals surface area contributed by atoms with Gasteiger partial charge in [-0.2, -0.15) is 0 Å². The molecule has 3 atom stereocenters. The SMILES string of the molecule is COC(C(=O)NCC1CCCC1O)c1ccccc1. The maximum atomic E-state index is 12.1. The summed E-state index contributed by atoms with van der Waals surface area (Å²) < 4.78 is 5.27. The average Bonchev–Trinajstić information content (AvgIpc) is 2.84. The number of carbonyl (C=O) groups is 1. The van der Waals surface area contributed by atoms with Crippen molar-refractivity contribution >= 4 is 5.91 Å². The molecule has 0 spiro atoms.